The molecule has 1 N–H and O–H groups in total. The Kier molecular flexibility index (Phi) is 8.10. The fraction of sp³-hybridized carbons (Fsp3) is 0.241. The van der Waals surface area contributed by atoms with E-state index >= 15 is 0 Å². The van der Waals surface area contributed by atoms with Crippen molar-refractivity contribution in [2.24, 2.45) is 0 Å². The second-order valence-corrected chi connectivity index (χ2v) is 9.06. The standard InChI is InChI=1S/C29H30N4O4/c1-20-26(25-14-7-8-15-30-25)28(23-12-9-13-24(18-23)33(35)36)27(21(2)31-20)29(34)37-17-16-32(3)19-22-10-5-4-6-11-22/h4-15,18,28,31H,16-17,19H2,1-3H3. The van der Waals surface area contributed by atoms with Crippen LogP contribution in [0.25, 0.3) is 5.57 Å². The highest BCUT2D eigenvalue weighted by Gasteiger charge is 2.35. The summed E-state index contributed by atoms with van der Waals surface area (Å²) in [7, 11) is 1.98. The van der Waals surface area contributed by atoms with Gasteiger partial charge in [0.2, 0.25) is 0 Å². The number of hydrogen-bond donors (Lipinski definition) is 1. The van der Waals surface area contributed by atoms with Crippen LogP contribution >= 0.6 is 0 Å². The Morgan fingerprint density at radius 3 is 2.51 bits per heavy atom. The molecule has 1 aliphatic heterocycles. The summed E-state index contributed by atoms with van der Waals surface area (Å²) in [5.41, 5.74) is 5.12. The molecule has 0 amide bonds. The fourth-order valence-corrected chi connectivity index (χ4v) is 4.62. The van der Waals surface area contributed by atoms with Crippen LogP contribution in [0.5, 0.6) is 0 Å². The smallest absolute Gasteiger partial charge is 0.336 e. The van der Waals surface area contributed by atoms with Crippen LogP contribution in [-0.4, -0.2) is 41.0 Å². The van der Waals surface area contributed by atoms with Crippen molar-refractivity contribution in [1.82, 2.24) is 15.2 Å². The number of esters is 1. The van der Waals surface area contributed by atoms with Gasteiger partial charge in [-0.1, -0.05) is 48.5 Å². The van der Waals surface area contributed by atoms with Gasteiger partial charge in [-0.15, -0.1) is 0 Å². The van der Waals surface area contributed by atoms with E-state index in [4.69, 9.17) is 4.74 Å². The molecular weight excluding hydrogens is 468 g/mol. The van der Waals surface area contributed by atoms with Gasteiger partial charge in [-0.3, -0.25) is 20.0 Å². The topological polar surface area (TPSA) is 97.6 Å². The lowest BCUT2D eigenvalue weighted by Gasteiger charge is -2.31. The van der Waals surface area contributed by atoms with Gasteiger partial charge < -0.3 is 10.1 Å². The molecule has 190 valence electrons. The molecule has 0 spiro atoms. The molecule has 0 saturated carbocycles. The summed E-state index contributed by atoms with van der Waals surface area (Å²) in [6.07, 6.45) is 1.69. The minimum atomic E-state index is -0.578. The number of ether oxygens (including phenoxy) is 1. The zero-order valence-corrected chi connectivity index (χ0v) is 21.2. The van der Waals surface area contributed by atoms with Crippen molar-refractivity contribution in [2.45, 2.75) is 26.3 Å². The fourth-order valence-electron chi connectivity index (χ4n) is 4.62. The number of hydrogen-bond acceptors (Lipinski definition) is 7. The van der Waals surface area contributed by atoms with E-state index in [0.29, 0.717) is 29.1 Å². The summed E-state index contributed by atoms with van der Waals surface area (Å²) in [5.74, 6) is -1.04. The van der Waals surface area contributed by atoms with E-state index in [9.17, 15) is 14.9 Å². The van der Waals surface area contributed by atoms with Crippen LogP contribution in [0.1, 0.15) is 36.6 Å². The quantitative estimate of drug-likeness (QED) is 0.250. The van der Waals surface area contributed by atoms with Crippen molar-refractivity contribution >= 4 is 17.2 Å². The van der Waals surface area contributed by atoms with Gasteiger partial charge in [0, 0.05) is 54.3 Å². The maximum absolute atomic E-state index is 13.5. The van der Waals surface area contributed by atoms with E-state index in [-0.39, 0.29) is 12.3 Å². The molecule has 1 atom stereocenters. The summed E-state index contributed by atoms with van der Waals surface area (Å²) in [4.78, 5) is 31.2. The number of benzene rings is 2. The van der Waals surface area contributed by atoms with Crippen LogP contribution in [0, 0.1) is 10.1 Å². The average molecular weight is 499 g/mol. The van der Waals surface area contributed by atoms with Gasteiger partial charge in [0.15, 0.2) is 0 Å². The molecule has 4 rings (SSSR count). The lowest BCUT2D eigenvalue weighted by Crippen LogP contribution is -2.30. The third-order valence-electron chi connectivity index (χ3n) is 6.34. The van der Waals surface area contributed by atoms with Gasteiger partial charge in [-0.05, 0) is 44.2 Å². The highest BCUT2D eigenvalue weighted by Crippen LogP contribution is 2.43. The summed E-state index contributed by atoms with van der Waals surface area (Å²) in [5, 5.41) is 14.8. The largest absolute Gasteiger partial charge is 0.461 e. The second-order valence-electron chi connectivity index (χ2n) is 9.06. The van der Waals surface area contributed by atoms with Crippen molar-refractivity contribution in [3.8, 4) is 0 Å². The Morgan fingerprint density at radius 2 is 1.81 bits per heavy atom. The number of nitro benzene ring substituents is 1. The summed E-state index contributed by atoms with van der Waals surface area (Å²) in [6.45, 7) is 5.25. The zero-order chi connectivity index (χ0) is 26.4. The number of carbonyl (C=O) groups is 1. The van der Waals surface area contributed by atoms with Gasteiger partial charge in [-0.25, -0.2) is 4.79 Å². The number of nitrogens with one attached hydrogen (secondary N) is 1. The van der Waals surface area contributed by atoms with Crippen molar-refractivity contribution in [2.75, 3.05) is 20.2 Å². The molecule has 37 heavy (non-hydrogen) atoms. The van der Waals surface area contributed by atoms with E-state index in [1.807, 2.05) is 57.3 Å². The van der Waals surface area contributed by atoms with E-state index < -0.39 is 16.8 Å². The van der Waals surface area contributed by atoms with Gasteiger partial charge in [0.05, 0.1) is 16.2 Å². The molecule has 1 unspecified atom stereocenters. The highest BCUT2D eigenvalue weighted by atomic mass is 16.6. The normalized spacial score (nSPS) is 15.5. The van der Waals surface area contributed by atoms with Crippen molar-refractivity contribution < 1.29 is 14.5 Å². The number of allylic oxidation sites excluding steroid dienone is 3. The highest BCUT2D eigenvalue weighted by molar-refractivity contribution is 5.97. The van der Waals surface area contributed by atoms with Crippen LogP contribution < -0.4 is 5.32 Å². The minimum absolute atomic E-state index is 0.0398. The molecule has 0 bridgehead atoms. The molecular formula is C29H30N4O4. The van der Waals surface area contributed by atoms with Crippen LogP contribution in [0.2, 0.25) is 0 Å². The molecule has 8 nitrogen and oxygen atoms in total. The first-order chi connectivity index (χ1) is 17.8. The van der Waals surface area contributed by atoms with E-state index in [1.54, 1.807) is 18.3 Å². The summed E-state index contributed by atoms with van der Waals surface area (Å²) < 4.78 is 5.75. The molecule has 0 saturated heterocycles. The molecule has 1 aliphatic rings. The number of aromatic nitrogens is 1. The maximum atomic E-state index is 13.5. The third-order valence-corrected chi connectivity index (χ3v) is 6.34. The predicted molar refractivity (Wildman–Crippen MR) is 142 cm³/mol. The third kappa shape index (κ3) is 6.10. The average Bonchev–Trinajstić information content (AvgIpc) is 2.89. The first kappa shape index (κ1) is 25.8. The number of likely N-dealkylation sites (N-methyl/N-ethyl adjacent to an activating group) is 1. The number of nitro groups is 1. The van der Waals surface area contributed by atoms with Crippen LogP contribution in [-0.2, 0) is 16.1 Å². The Hall–Kier alpha value is -4.30. The molecule has 3 aromatic rings. The van der Waals surface area contributed by atoms with Crippen LogP contribution in [0.4, 0.5) is 5.69 Å². The Labute approximate surface area is 216 Å². The molecule has 8 heteroatoms. The number of dihydropyridines is 1. The minimum Gasteiger partial charge on any atom is -0.461 e. The number of non-ortho nitro benzene ring substituents is 1. The van der Waals surface area contributed by atoms with E-state index in [0.717, 1.165) is 17.8 Å². The van der Waals surface area contributed by atoms with Crippen molar-refractivity contribution in [3.05, 3.63) is 123 Å². The summed E-state index contributed by atoms with van der Waals surface area (Å²) in [6, 6.07) is 22.0. The predicted octanol–water partition coefficient (Wildman–Crippen LogP) is 5.06. The Bertz CT molecular complexity index is 1340. The number of carbonyl (C=O) groups excluding carboxylic acids is 1. The Morgan fingerprint density at radius 1 is 1.05 bits per heavy atom. The van der Waals surface area contributed by atoms with Gasteiger partial charge in [0.25, 0.3) is 5.69 Å². The van der Waals surface area contributed by atoms with E-state index in [1.165, 1.54) is 17.7 Å². The monoisotopic (exact) mass is 498 g/mol. The first-order valence-electron chi connectivity index (χ1n) is 12.1. The molecule has 2 heterocycles. The van der Waals surface area contributed by atoms with Crippen molar-refractivity contribution in [1.29, 1.82) is 0 Å². The first-order valence-corrected chi connectivity index (χ1v) is 12.1. The molecule has 2 aromatic carbocycles. The van der Waals surface area contributed by atoms with Gasteiger partial charge in [0.1, 0.15) is 6.61 Å². The van der Waals surface area contributed by atoms with Crippen molar-refractivity contribution in [3.63, 3.8) is 0 Å². The molecule has 0 fully saturated rings. The maximum Gasteiger partial charge on any atom is 0.336 e. The van der Waals surface area contributed by atoms with Gasteiger partial charge in [-0.2, -0.15) is 0 Å². The number of rotatable bonds is 9. The second kappa shape index (κ2) is 11.6. The number of nitrogens with zero attached hydrogens (tertiary/aromatic N) is 3. The SMILES string of the molecule is CC1=C(C(=O)OCCN(C)Cc2ccccc2)C(c2cccc([N+](=O)[O-])c2)C(c2ccccn2)=C(C)N1. The van der Waals surface area contributed by atoms with E-state index in [2.05, 4.69) is 27.3 Å². The molecule has 1 aromatic heterocycles. The zero-order valence-electron chi connectivity index (χ0n) is 21.2. The van der Waals surface area contributed by atoms with Crippen LogP contribution in [0.3, 0.4) is 0 Å². The summed E-state index contributed by atoms with van der Waals surface area (Å²) >= 11 is 0. The van der Waals surface area contributed by atoms with Gasteiger partial charge >= 0.3 is 5.97 Å². The van der Waals surface area contributed by atoms with Crippen LogP contribution in [0.15, 0.2) is 96.0 Å². The lowest BCUT2D eigenvalue weighted by atomic mass is 9.79. The molecule has 0 aliphatic carbocycles. The molecule has 0 radical (unpaired) electrons. The Balaban J connectivity index is 1.61. The lowest BCUT2D eigenvalue weighted by molar-refractivity contribution is -0.384. The number of pyridine rings is 1.